The maximum Gasteiger partial charge on any atom is 0.407 e. The largest absolute Gasteiger partial charge is 0.465 e. The summed E-state index contributed by atoms with van der Waals surface area (Å²) in [4.78, 5) is 55.6. The molecule has 0 radical (unpaired) electrons. The molecule has 3 rings (SSSR count). The molecule has 0 aliphatic heterocycles. The summed E-state index contributed by atoms with van der Waals surface area (Å²) in [7, 11) is 1.22. The van der Waals surface area contributed by atoms with Gasteiger partial charge in [-0.05, 0) is 53.4 Å². The number of methoxy groups -OCH3 is 1. The molecule has 0 fully saturated rings. The van der Waals surface area contributed by atoms with E-state index in [1.165, 1.54) is 7.11 Å². The van der Waals surface area contributed by atoms with Crippen LogP contribution in [-0.4, -0.2) is 76.6 Å². The van der Waals surface area contributed by atoms with E-state index >= 15 is 0 Å². The number of aromatic nitrogens is 1. The van der Waals surface area contributed by atoms with Gasteiger partial charge >= 0.3 is 12.2 Å². The van der Waals surface area contributed by atoms with Crippen molar-refractivity contribution in [3.05, 3.63) is 90.1 Å². The summed E-state index contributed by atoms with van der Waals surface area (Å²) in [6.45, 7) is 10.7. The van der Waals surface area contributed by atoms with Crippen LogP contribution in [0.25, 0.3) is 11.3 Å². The predicted molar refractivity (Wildman–Crippen MR) is 191 cm³/mol. The Morgan fingerprint density at radius 3 is 1.82 bits per heavy atom. The van der Waals surface area contributed by atoms with Crippen molar-refractivity contribution in [1.29, 1.82) is 0 Å². The fraction of sp³-hybridized carbons (Fsp3) is 0.447. The van der Waals surface area contributed by atoms with Crippen molar-refractivity contribution in [1.82, 2.24) is 26.3 Å². The summed E-state index contributed by atoms with van der Waals surface area (Å²) in [6.07, 6.45) is -0.974. The maximum absolute atomic E-state index is 13.8. The zero-order chi connectivity index (χ0) is 37.1. The minimum absolute atomic E-state index is 0.0210. The Kier molecular flexibility index (Phi) is 13.9. The second-order valence-electron chi connectivity index (χ2n) is 14.6. The molecule has 12 nitrogen and oxygen atoms in total. The molecule has 3 aromatic rings. The highest BCUT2D eigenvalue weighted by Gasteiger charge is 2.37. The molecule has 6 N–H and O–H groups in total. The number of aliphatic hydroxyl groups is 1. The number of aliphatic hydroxyl groups excluding tert-OH is 1. The van der Waals surface area contributed by atoms with Crippen LogP contribution in [0, 0.1) is 10.8 Å². The topological polar surface area (TPSA) is 179 Å². The lowest BCUT2D eigenvalue weighted by molar-refractivity contribution is -0.128. The molecular formula is C38H51N5O7. The van der Waals surface area contributed by atoms with Crippen molar-refractivity contribution >= 4 is 24.0 Å². The maximum atomic E-state index is 13.8. The SMILES string of the molecule is COC(=O)N[C@H](C(=O)N[C@@H](Cc1ccc(-c2ccccn2)cc1)C[C@H](O)[C@H](Cc1ccccc1)NC(=O)[C@@H](NC(=O)O)C(C)(C)C)C(C)(C)C. The lowest BCUT2D eigenvalue weighted by atomic mass is 9.85. The first-order valence-corrected chi connectivity index (χ1v) is 16.6. The van der Waals surface area contributed by atoms with Crippen LogP contribution in [0.1, 0.15) is 59.1 Å². The molecule has 0 bridgehead atoms. The Hall–Kier alpha value is -4.97. The number of amides is 4. The van der Waals surface area contributed by atoms with Crippen LogP contribution in [0.3, 0.4) is 0 Å². The highest BCUT2D eigenvalue weighted by molar-refractivity contribution is 5.87. The second-order valence-corrected chi connectivity index (χ2v) is 14.6. The molecule has 0 saturated carbocycles. The average molecular weight is 690 g/mol. The molecule has 4 amide bonds. The van der Waals surface area contributed by atoms with Crippen LogP contribution < -0.4 is 21.3 Å². The van der Waals surface area contributed by atoms with E-state index in [1.54, 1.807) is 27.0 Å². The molecule has 1 heterocycles. The number of carboxylic acid groups (broad SMARTS) is 1. The first-order valence-electron chi connectivity index (χ1n) is 16.6. The highest BCUT2D eigenvalue weighted by atomic mass is 16.5. The van der Waals surface area contributed by atoms with Crippen LogP contribution in [0.5, 0.6) is 0 Å². The summed E-state index contributed by atoms with van der Waals surface area (Å²) in [6, 6.07) is 19.1. The minimum atomic E-state index is -1.34. The summed E-state index contributed by atoms with van der Waals surface area (Å²) >= 11 is 0. The van der Waals surface area contributed by atoms with E-state index in [1.807, 2.05) is 93.6 Å². The van der Waals surface area contributed by atoms with Crippen LogP contribution in [0.2, 0.25) is 0 Å². The van der Waals surface area contributed by atoms with Crippen molar-refractivity contribution in [2.45, 2.75) is 91.1 Å². The summed E-state index contributed by atoms with van der Waals surface area (Å²) in [5, 5.41) is 32.1. The quantitative estimate of drug-likeness (QED) is 0.141. The van der Waals surface area contributed by atoms with Gasteiger partial charge in [0.15, 0.2) is 0 Å². The molecule has 0 saturated heterocycles. The van der Waals surface area contributed by atoms with Gasteiger partial charge in [0.2, 0.25) is 11.8 Å². The van der Waals surface area contributed by atoms with Gasteiger partial charge in [-0.3, -0.25) is 14.6 Å². The number of benzene rings is 2. The van der Waals surface area contributed by atoms with Gasteiger partial charge in [0, 0.05) is 17.8 Å². The molecule has 270 valence electrons. The van der Waals surface area contributed by atoms with E-state index in [0.717, 1.165) is 22.4 Å². The van der Waals surface area contributed by atoms with Gasteiger partial charge in [0.05, 0.1) is 24.9 Å². The number of nitrogens with one attached hydrogen (secondary N) is 4. The fourth-order valence-corrected chi connectivity index (χ4v) is 5.63. The van der Waals surface area contributed by atoms with Gasteiger partial charge in [-0.2, -0.15) is 0 Å². The molecule has 0 spiro atoms. The molecule has 0 unspecified atom stereocenters. The molecular weight excluding hydrogens is 638 g/mol. The van der Waals surface area contributed by atoms with E-state index in [2.05, 4.69) is 26.3 Å². The smallest absolute Gasteiger partial charge is 0.407 e. The Morgan fingerprint density at radius 1 is 0.720 bits per heavy atom. The lowest BCUT2D eigenvalue weighted by Crippen LogP contribution is -2.58. The van der Waals surface area contributed by atoms with Crippen molar-refractivity contribution in [2.75, 3.05) is 7.11 Å². The molecule has 2 aromatic carbocycles. The monoisotopic (exact) mass is 689 g/mol. The number of rotatable bonds is 14. The van der Waals surface area contributed by atoms with E-state index in [0.29, 0.717) is 6.42 Å². The number of alkyl carbamates (subject to hydrolysis) is 1. The minimum Gasteiger partial charge on any atom is -0.465 e. The van der Waals surface area contributed by atoms with E-state index in [9.17, 15) is 29.4 Å². The van der Waals surface area contributed by atoms with E-state index in [-0.39, 0.29) is 12.8 Å². The summed E-state index contributed by atoms with van der Waals surface area (Å²) in [5.41, 5.74) is 1.99. The zero-order valence-electron chi connectivity index (χ0n) is 29.9. The molecule has 50 heavy (non-hydrogen) atoms. The van der Waals surface area contributed by atoms with Crippen molar-refractivity contribution in [2.24, 2.45) is 10.8 Å². The van der Waals surface area contributed by atoms with Gasteiger partial charge < -0.3 is 36.2 Å². The van der Waals surface area contributed by atoms with Gasteiger partial charge in [0.1, 0.15) is 12.1 Å². The van der Waals surface area contributed by atoms with Crippen molar-refractivity contribution in [3.8, 4) is 11.3 Å². The van der Waals surface area contributed by atoms with E-state index in [4.69, 9.17) is 4.74 Å². The van der Waals surface area contributed by atoms with Crippen LogP contribution in [-0.2, 0) is 27.2 Å². The molecule has 1 aromatic heterocycles. The van der Waals surface area contributed by atoms with Crippen LogP contribution >= 0.6 is 0 Å². The molecule has 0 aliphatic rings. The Balaban J connectivity index is 1.95. The van der Waals surface area contributed by atoms with Gasteiger partial charge in [-0.25, -0.2) is 9.59 Å². The average Bonchev–Trinajstić information content (AvgIpc) is 3.05. The fourth-order valence-electron chi connectivity index (χ4n) is 5.63. The first-order chi connectivity index (χ1) is 23.5. The number of nitrogens with zero attached hydrogens (tertiary/aromatic N) is 1. The molecule has 0 aliphatic carbocycles. The number of pyridine rings is 1. The molecule has 12 heteroatoms. The van der Waals surface area contributed by atoms with E-state index < -0.39 is 65.1 Å². The van der Waals surface area contributed by atoms with Crippen molar-refractivity contribution in [3.63, 3.8) is 0 Å². The predicted octanol–water partition coefficient (Wildman–Crippen LogP) is 4.71. The lowest BCUT2D eigenvalue weighted by Gasteiger charge is -2.34. The second kappa shape index (κ2) is 17.6. The summed E-state index contributed by atoms with van der Waals surface area (Å²) in [5.74, 6) is -1.05. The third-order valence-electron chi connectivity index (χ3n) is 8.33. The standard InChI is InChI=1S/C38H51N5O7/c1-37(2,3)31(42-35(47)48)34(46)41-29(22-24-13-9-8-10-14-24)30(44)23-27(40-33(45)32(38(4,5)6)43-36(49)50-7)21-25-16-18-26(19-17-25)28-15-11-12-20-39-28/h8-20,27,29-32,42,44H,21-23H2,1-7H3,(H,40,45)(H,41,46)(H,43,49)(H,47,48)/t27-,29-,30-,31+,32+/m0/s1. The number of hydrogen-bond acceptors (Lipinski definition) is 7. The van der Waals surface area contributed by atoms with Crippen molar-refractivity contribution < 1.29 is 34.1 Å². The Bertz CT molecular complexity index is 1550. The Morgan fingerprint density at radius 2 is 1.28 bits per heavy atom. The summed E-state index contributed by atoms with van der Waals surface area (Å²) < 4.78 is 4.77. The number of ether oxygens (including phenoxy) is 1. The van der Waals surface area contributed by atoms with Gasteiger partial charge in [0.25, 0.3) is 0 Å². The third kappa shape index (κ3) is 12.2. The van der Waals surface area contributed by atoms with Crippen LogP contribution in [0.4, 0.5) is 9.59 Å². The number of carbonyl (C=O) groups is 4. The number of hydrogen-bond donors (Lipinski definition) is 6. The third-order valence-corrected chi connectivity index (χ3v) is 8.33. The van der Waals surface area contributed by atoms with Gasteiger partial charge in [-0.15, -0.1) is 0 Å². The first kappa shape index (κ1) is 39.5. The zero-order valence-corrected chi connectivity index (χ0v) is 29.9. The van der Waals surface area contributed by atoms with Crippen LogP contribution in [0.15, 0.2) is 79.0 Å². The van der Waals surface area contributed by atoms with Gasteiger partial charge in [-0.1, -0.05) is 102 Å². The highest BCUT2D eigenvalue weighted by Crippen LogP contribution is 2.23. The molecule has 5 atom stereocenters. The normalized spacial score (nSPS) is 14.6. The number of carbonyl (C=O) groups excluding carboxylic acids is 3. The Labute approximate surface area is 294 Å².